The zero-order valence-electron chi connectivity index (χ0n) is 24.8. The third kappa shape index (κ3) is 5.85. The van der Waals surface area contributed by atoms with Crippen molar-refractivity contribution in [3.05, 3.63) is 72.8 Å². The molecule has 4 aromatic heterocycles. The lowest BCUT2D eigenvalue weighted by Crippen LogP contribution is -2.19. The van der Waals surface area contributed by atoms with E-state index in [1.807, 2.05) is 61.5 Å². The van der Waals surface area contributed by atoms with E-state index < -0.39 is 0 Å². The number of hydrogen-bond acceptors (Lipinski definition) is 7. The highest BCUT2D eigenvalue weighted by atomic mass is 19.1. The van der Waals surface area contributed by atoms with Crippen molar-refractivity contribution in [2.75, 3.05) is 27.2 Å². The quantitative estimate of drug-likeness (QED) is 0.186. The first-order chi connectivity index (χ1) is 21.5. The number of rotatable bonds is 9. The molecular weight excluding hydrogens is 557 g/mol. The normalized spacial score (nSPS) is 14.1. The topological polar surface area (TPSA) is 105 Å². The Labute approximate surface area is 254 Å². The number of aromatic amines is 2. The monoisotopic (exact) mass is 591 g/mol. The number of aromatic nitrogens is 6. The van der Waals surface area contributed by atoms with Crippen LogP contribution in [0, 0.1) is 5.82 Å². The SMILES string of the molecule is CN(C)CCOc1cc(F)cc(-c2cccc3[nH]c(-c4n[nH]c5ccc(-c6cncc(OC7CCCCC7)c6)nc45)nc23)c1. The fourth-order valence-corrected chi connectivity index (χ4v) is 5.75. The van der Waals surface area contributed by atoms with Crippen LogP contribution in [0.2, 0.25) is 0 Å². The van der Waals surface area contributed by atoms with Crippen LogP contribution in [-0.2, 0) is 0 Å². The van der Waals surface area contributed by atoms with E-state index in [-0.39, 0.29) is 11.9 Å². The Morgan fingerprint density at radius 3 is 2.61 bits per heavy atom. The lowest BCUT2D eigenvalue weighted by atomic mass is 9.98. The Kier molecular flexibility index (Phi) is 7.66. The minimum Gasteiger partial charge on any atom is -0.492 e. The van der Waals surface area contributed by atoms with Gasteiger partial charge in [0.1, 0.15) is 29.4 Å². The van der Waals surface area contributed by atoms with Gasteiger partial charge in [0.25, 0.3) is 0 Å². The third-order valence-corrected chi connectivity index (χ3v) is 8.00. The molecule has 9 nitrogen and oxygen atoms in total. The van der Waals surface area contributed by atoms with Gasteiger partial charge in [0.15, 0.2) is 11.5 Å². The lowest BCUT2D eigenvalue weighted by molar-refractivity contribution is 0.154. The number of pyridine rings is 2. The van der Waals surface area contributed by atoms with Crippen molar-refractivity contribution in [3.8, 4) is 45.4 Å². The van der Waals surface area contributed by atoms with Gasteiger partial charge in [0.2, 0.25) is 0 Å². The Morgan fingerprint density at radius 1 is 0.886 bits per heavy atom. The van der Waals surface area contributed by atoms with E-state index in [1.54, 1.807) is 12.4 Å². The molecule has 0 atom stereocenters. The van der Waals surface area contributed by atoms with Crippen LogP contribution in [0.25, 0.3) is 56.0 Å². The van der Waals surface area contributed by atoms with Gasteiger partial charge in [0, 0.05) is 29.9 Å². The summed E-state index contributed by atoms with van der Waals surface area (Å²) in [6.45, 7) is 1.19. The van der Waals surface area contributed by atoms with Crippen LogP contribution in [0.1, 0.15) is 32.1 Å². The molecule has 0 radical (unpaired) electrons. The van der Waals surface area contributed by atoms with E-state index in [1.165, 1.54) is 31.4 Å². The number of nitrogens with zero attached hydrogens (tertiary/aromatic N) is 5. The molecule has 7 rings (SSSR count). The molecule has 6 aromatic rings. The highest BCUT2D eigenvalue weighted by Gasteiger charge is 2.19. The molecule has 2 N–H and O–H groups in total. The number of hydrogen-bond donors (Lipinski definition) is 2. The number of halogens is 1. The number of H-pyrrole nitrogens is 2. The van der Waals surface area contributed by atoms with Gasteiger partial charge in [-0.05, 0) is 81.7 Å². The number of likely N-dealkylation sites (N-methyl/N-ethyl adjacent to an activating group) is 1. The molecule has 224 valence electrons. The van der Waals surface area contributed by atoms with Crippen LogP contribution in [0.4, 0.5) is 4.39 Å². The predicted molar refractivity (Wildman–Crippen MR) is 169 cm³/mol. The maximum absolute atomic E-state index is 14.7. The number of benzene rings is 2. The largest absolute Gasteiger partial charge is 0.492 e. The third-order valence-electron chi connectivity index (χ3n) is 8.00. The van der Waals surface area contributed by atoms with Gasteiger partial charge in [-0.15, -0.1) is 0 Å². The molecule has 4 heterocycles. The molecule has 1 saturated carbocycles. The molecular formula is C34H34FN7O2. The fraction of sp³-hybridized carbons (Fsp3) is 0.294. The first kappa shape index (κ1) is 28.0. The first-order valence-corrected chi connectivity index (χ1v) is 15.0. The predicted octanol–water partition coefficient (Wildman–Crippen LogP) is 7.02. The molecule has 1 aliphatic rings. The number of ether oxygens (including phenoxy) is 2. The summed E-state index contributed by atoms with van der Waals surface area (Å²) in [6.07, 6.45) is 9.65. The summed E-state index contributed by atoms with van der Waals surface area (Å²) >= 11 is 0. The van der Waals surface area contributed by atoms with Crippen LogP contribution in [0.5, 0.6) is 11.5 Å². The second-order valence-corrected chi connectivity index (χ2v) is 11.6. The standard InChI is InChI=1S/C34H34FN7O2/c1-42(2)13-14-43-25-16-21(15-23(35)18-25)27-9-6-10-29-31(27)39-34(38-29)33-32-30(40-41-33)12-11-28(37-32)22-17-26(20-36-19-22)44-24-7-4-3-5-8-24/h6,9-12,15-20,24H,3-5,7-8,13-14H2,1-2H3,(H,38,39)(H,40,41). The average Bonchev–Trinajstić information content (AvgIpc) is 3.65. The number of fused-ring (bicyclic) bond motifs is 2. The molecule has 44 heavy (non-hydrogen) atoms. The van der Waals surface area contributed by atoms with Gasteiger partial charge in [-0.2, -0.15) is 5.10 Å². The Hall–Kier alpha value is -4.83. The van der Waals surface area contributed by atoms with Gasteiger partial charge in [-0.1, -0.05) is 18.6 Å². The Balaban J connectivity index is 1.21. The van der Waals surface area contributed by atoms with Crippen LogP contribution in [0.3, 0.4) is 0 Å². The van der Waals surface area contributed by atoms with Crippen molar-refractivity contribution in [2.45, 2.75) is 38.2 Å². The van der Waals surface area contributed by atoms with Gasteiger partial charge >= 0.3 is 0 Å². The summed E-state index contributed by atoms with van der Waals surface area (Å²) in [4.78, 5) is 19.7. The second kappa shape index (κ2) is 12.0. The molecule has 2 aromatic carbocycles. The highest BCUT2D eigenvalue weighted by Crippen LogP contribution is 2.34. The summed E-state index contributed by atoms with van der Waals surface area (Å²) < 4.78 is 26.8. The van der Waals surface area contributed by atoms with Crippen molar-refractivity contribution in [3.63, 3.8) is 0 Å². The summed E-state index contributed by atoms with van der Waals surface area (Å²) in [5, 5.41) is 7.65. The Bertz CT molecular complexity index is 1930. The number of para-hydroxylation sites is 1. The van der Waals surface area contributed by atoms with Crippen molar-refractivity contribution >= 4 is 22.1 Å². The molecule has 10 heteroatoms. The van der Waals surface area contributed by atoms with Crippen LogP contribution < -0.4 is 9.47 Å². The summed E-state index contributed by atoms with van der Waals surface area (Å²) in [7, 11) is 3.94. The maximum atomic E-state index is 14.7. The van der Waals surface area contributed by atoms with E-state index in [9.17, 15) is 4.39 Å². The maximum Gasteiger partial charge on any atom is 0.161 e. The van der Waals surface area contributed by atoms with Crippen molar-refractivity contribution in [1.82, 2.24) is 35.0 Å². The molecule has 0 aliphatic heterocycles. The molecule has 0 saturated heterocycles. The molecule has 0 amide bonds. The van der Waals surface area contributed by atoms with Gasteiger partial charge in [-0.3, -0.25) is 10.1 Å². The molecule has 1 aliphatic carbocycles. The average molecular weight is 592 g/mol. The van der Waals surface area contributed by atoms with Crippen molar-refractivity contribution in [1.29, 1.82) is 0 Å². The number of imidazole rings is 1. The second-order valence-electron chi connectivity index (χ2n) is 11.6. The number of nitrogens with one attached hydrogen (secondary N) is 2. The molecule has 0 unspecified atom stereocenters. The van der Waals surface area contributed by atoms with Gasteiger partial charge in [0.05, 0.1) is 34.5 Å². The molecule has 1 fully saturated rings. The summed E-state index contributed by atoms with van der Waals surface area (Å²) in [5.74, 6) is 1.44. The van der Waals surface area contributed by atoms with Crippen molar-refractivity contribution < 1.29 is 13.9 Å². The van der Waals surface area contributed by atoms with E-state index in [4.69, 9.17) is 19.4 Å². The van der Waals surface area contributed by atoms with Crippen LogP contribution in [0.15, 0.2) is 67.0 Å². The van der Waals surface area contributed by atoms with Crippen molar-refractivity contribution in [2.24, 2.45) is 0 Å². The fourth-order valence-electron chi connectivity index (χ4n) is 5.75. The van der Waals surface area contributed by atoms with Gasteiger partial charge < -0.3 is 19.4 Å². The first-order valence-electron chi connectivity index (χ1n) is 15.0. The lowest BCUT2D eigenvalue weighted by Gasteiger charge is -2.22. The summed E-state index contributed by atoms with van der Waals surface area (Å²) in [5.41, 5.74) is 6.69. The van der Waals surface area contributed by atoms with E-state index in [2.05, 4.69) is 20.2 Å². The highest BCUT2D eigenvalue weighted by molar-refractivity contribution is 5.96. The smallest absolute Gasteiger partial charge is 0.161 e. The zero-order valence-corrected chi connectivity index (χ0v) is 24.8. The van der Waals surface area contributed by atoms with Gasteiger partial charge in [-0.25, -0.2) is 14.4 Å². The summed E-state index contributed by atoms with van der Waals surface area (Å²) in [6, 6.07) is 16.5. The molecule has 0 spiro atoms. The van der Waals surface area contributed by atoms with Crippen LogP contribution >= 0.6 is 0 Å². The zero-order chi connectivity index (χ0) is 30.0. The van der Waals surface area contributed by atoms with E-state index >= 15 is 0 Å². The minimum atomic E-state index is -0.368. The van der Waals surface area contributed by atoms with Crippen LogP contribution in [-0.4, -0.2) is 68.4 Å². The van der Waals surface area contributed by atoms with E-state index in [0.29, 0.717) is 40.5 Å². The Morgan fingerprint density at radius 2 is 1.75 bits per heavy atom. The minimum absolute atomic E-state index is 0.240. The molecule has 0 bridgehead atoms. The van der Waals surface area contributed by atoms with E-state index in [0.717, 1.165) is 53.0 Å².